The van der Waals surface area contributed by atoms with Crippen LogP contribution in [0.1, 0.15) is 11.1 Å². The number of hydrogen-bond donors (Lipinski definition) is 1. The molecule has 0 bridgehead atoms. The van der Waals surface area contributed by atoms with Gasteiger partial charge in [0.25, 0.3) is 10.2 Å². The van der Waals surface area contributed by atoms with Gasteiger partial charge in [-0.15, -0.1) is 0 Å². The average Bonchev–Trinajstić information content (AvgIpc) is 2.48. The van der Waals surface area contributed by atoms with Crippen LogP contribution in [0.3, 0.4) is 0 Å². The molecular weight excluding hydrogens is 365 g/mol. The lowest BCUT2D eigenvalue weighted by atomic mass is 10.2. The van der Waals surface area contributed by atoms with Crippen molar-refractivity contribution in [3.05, 3.63) is 70.0 Å². The van der Waals surface area contributed by atoms with Crippen LogP contribution in [-0.4, -0.2) is 19.8 Å². The quantitative estimate of drug-likeness (QED) is 0.839. The summed E-state index contributed by atoms with van der Waals surface area (Å²) < 4.78 is 67.3. The van der Waals surface area contributed by atoms with Gasteiger partial charge in [-0.25, -0.2) is 13.2 Å². The highest BCUT2D eigenvalue weighted by Gasteiger charge is 2.20. The molecule has 0 aliphatic heterocycles. The molecule has 24 heavy (non-hydrogen) atoms. The van der Waals surface area contributed by atoms with Gasteiger partial charge in [0.2, 0.25) is 0 Å². The first-order valence-electron chi connectivity index (χ1n) is 6.78. The fourth-order valence-corrected chi connectivity index (χ4v) is 3.08. The Morgan fingerprint density at radius 1 is 1.12 bits per heavy atom. The lowest BCUT2D eigenvalue weighted by molar-refractivity contribution is 0.445. The molecule has 130 valence electrons. The van der Waals surface area contributed by atoms with Crippen LogP contribution in [0.25, 0.3) is 0 Å². The van der Waals surface area contributed by atoms with Gasteiger partial charge in [0.05, 0.1) is 0 Å². The van der Waals surface area contributed by atoms with Crippen LogP contribution in [0.15, 0.2) is 36.4 Å². The van der Waals surface area contributed by atoms with Crippen LogP contribution in [0.4, 0.5) is 13.2 Å². The fraction of sp³-hybridized carbons (Fsp3) is 0.200. The second-order valence-corrected chi connectivity index (χ2v) is 7.33. The number of rotatable bonds is 6. The van der Waals surface area contributed by atoms with Crippen molar-refractivity contribution in [1.29, 1.82) is 0 Å². The molecule has 0 saturated heterocycles. The zero-order chi connectivity index (χ0) is 17.9. The molecule has 0 heterocycles. The van der Waals surface area contributed by atoms with Gasteiger partial charge in [-0.3, -0.25) is 0 Å². The van der Waals surface area contributed by atoms with Gasteiger partial charge < -0.3 is 0 Å². The number of nitrogens with one attached hydrogen (secondary N) is 1. The summed E-state index contributed by atoms with van der Waals surface area (Å²) in [5, 5.41) is 0.101. The van der Waals surface area contributed by atoms with Gasteiger partial charge in [0.1, 0.15) is 17.5 Å². The maximum absolute atomic E-state index is 13.7. The van der Waals surface area contributed by atoms with Crippen molar-refractivity contribution < 1.29 is 21.6 Å². The number of nitrogens with zero attached hydrogens (tertiary/aromatic N) is 1. The molecule has 0 aliphatic rings. The van der Waals surface area contributed by atoms with E-state index in [0.29, 0.717) is 6.07 Å². The van der Waals surface area contributed by atoms with Crippen LogP contribution < -0.4 is 4.72 Å². The zero-order valence-corrected chi connectivity index (χ0v) is 14.1. The van der Waals surface area contributed by atoms with Gasteiger partial charge in [-0.05, 0) is 29.8 Å². The monoisotopic (exact) mass is 378 g/mol. The molecule has 2 rings (SSSR count). The highest BCUT2D eigenvalue weighted by molar-refractivity contribution is 7.87. The first-order chi connectivity index (χ1) is 11.2. The predicted molar refractivity (Wildman–Crippen MR) is 85.0 cm³/mol. The SMILES string of the molecule is CN(Cc1c(F)cccc1Cl)S(=O)(=O)NCc1cc(F)cc(F)c1. The third kappa shape index (κ3) is 4.70. The lowest BCUT2D eigenvalue weighted by Gasteiger charge is -2.19. The van der Waals surface area contributed by atoms with E-state index in [2.05, 4.69) is 4.72 Å². The van der Waals surface area contributed by atoms with Crippen LogP contribution in [0.5, 0.6) is 0 Å². The molecule has 0 saturated carbocycles. The normalized spacial score (nSPS) is 11.9. The smallest absolute Gasteiger partial charge is 0.207 e. The van der Waals surface area contributed by atoms with Crippen molar-refractivity contribution in [1.82, 2.24) is 9.03 Å². The Morgan fingerprint density at radius 2 is 1.75 bits per heavy atom. The van der Waals surface area contributed by atoms with Crippen molar-refractivity contribution in [2.45, 2.75) is 13.1 Å². The van der Waals surface area contributed by atoms with Crippen LogP contribution in [0.2, 0.25) is 5.02 Å². The largest absolute Gasteiger partial charge is 0.279 e. The number of benzene rings is 2. The van der Waals surface area contributed by atoms with E-state index < -0.39 is 27.7 Å². The summed E-state index contributed by atoms with van der Waals surface area (Å²) in [5.74, 6) is -2.25. The second kappa shape index (κ2) is 7.52. The third-order valence-corrected chi connectivity index (χ3v) is 5.05. The molecular formula is C15H14ClF3N2O2S. The van der Waals surface area contributed by atoms with E-state index in [1.165, 1.54) is 25.2 Å². The molecule has 2 aromatic carbocycles. The van der Waals surface area contributed by atoms with Crippen LogP contribution >= 0.6 is 11.6 Å². The molecule has 0 spiro atoms. The second-order valence-electron chi connectivity index (χ2n) is 5.06. The van der Waals surface area contributed by atoms with Crippen LogP contribution in [0, 0.1) is 17.5 Å². The highest BCUT2D eigenvalue weighted by atomic mass is 35.5. The van der Waals surface area contributed by atoms with Crippen LogP contribution in [-0.2, 0) is 23.3 Å². The van der Waals surface area contributed by atoms with E-state index in [1.54, 1.807) is 0 Å². The Balaban J connectivity index is 2.09. The first-order valence-corrected chi connectivity index (χ1v) is 8.59. The van der Waals surface area contributed by atoms with E-state index in [4.69, 9.17) is 11.6 Å². The highest BCUT2D eigenvalue weighted by Crippen LogP contribution is 2.21. The summed E-state index contributed by atoms with van der Waals surface area (Å²) >= 11 is 5.87. The van der Waals surface area contributed by atoms with Gasteiger partial charge in [-0.2, -0.15) is 17.4 Å². The molecule has 0 amide bonds. The Kier molecular flexibility index (Phi) is 5.87. The topological polar surface area (TPSA) is 49.4 Å². The molecule has 9 heteroatoms. The Bertz CT molecular complexity index is 806. The number of halogens is 4. The van der Waals surface area contributed by atoms with Crippen molar-refractivity contribution in [2.75, 3.05) is 7.05 Å². The third-order valence-electron chi connectivity index (χ3n) is 3.23. The Morgan fingerprint density at radius 3 is 2.33 bits per heavy atom. The van der Waals surface area contributed by atoms with Gasteiger partial charge in [0.15, 0.2) is 0 Å². The van der Waals surface area contributed by atoms with Crippen molar-refractivity contribution in [3.63, 3.8) is 0 Å². The summed E-state index contributed by atoms with van der Waals surface area (Å²) in [7, 11) is -2.77. The van der Waals surface area contributed by atoms with Gasteiger partial charge in [-0.1, -0.05) is 17.7 Å². The maximum atomic E-state index is 13.7. The van der Waals surface area contributed by atoms with Crippen molar-refractivity contribution in [3.8, 4) is 0 Å². The number of hydrogen-bond acceptors (Lipinski definition) is 2. The predicted octanol–water partition coefficient (Wildman–Crippen LogP) is 3.22. The standard InChI is InChI=1S/C15H14ClF3N2O2S/c1-21(9-13-14(16)3-2-4-15(13)19)24(22,23)20-8-10-5-11(17)7-12(18)6-10/h2-7,20H,8-9H2,1H3. The van der Waals surface area contributed by atoms with E-state index in [-0.39, 0.29) is 29.2 Å². The van der Waals surface area contributed by atoms with E-state index in [1.807, 2.05) is 0 Å². The minimum Gasteiger partial charge on any atom is -0.207 e. The van der Waals surface area contributed by atoms with E-state index in [9.17, 15) is 21.6 Å². The van der Waals surface area contributed by atoms with Crippen molar-refractivity contribution >= 4 is 21.8 Å². The molecule has 0 aliphatic carbocycles. The molecule has 0 aromatic heterocycles. The molecule has 0 unspecified atom stereocenters. The van der Waals surface area contributed by atoms with Gasteiger partial charge >= 0.3 is 0 Å². The molecule has 0 fully saturated rings. The average molecular weight is 379 g/mol. The van der Waals surface area contributed by atoms with Gasteiger partial charge in [0, 0.05) is 36.8 Å². The molecule has 0 atom stereocenters. The zero-order valence-electron chi connectivity index (χ0n) is 12.6. The van der Waals surface area contributed by atoms with E-state index in [0.717, 1.165) is 16.4 Å². The minimum atomic E-state index is -4.00. The summed E-state index contributed by atoms with van der Waals surface area (Å²) in [6.45, 7) is -0.606. The minimum absolute atomic E-state index is 0.0313. The fourth-order valence-electron chi connectivity index (χ4n) is 1.99. The Hall–Kier alpha value is -1.61. The molecule has 4 nitrogen and oxygen atoms in total. The first kappa shape index (κ1) is 18.7. The van der Waals surface area contributed by atoms with E-state index >= 15 is 0 Å². The molecule has 1 N–H and O–H groups in total. The summed E-state index contributed by atoms with van der Waals surface area (Å²) in [5.41, 5.74) is 0.150. The summed E-state index contributed by atoms with van der Waals surface area (Å²) in [4.78, 5) is 0. The molecule has 0 radical (unpaired) electrons. The lowest BCUT2D eigenvalue weighted by Crippen LogP contribution is -2.37. The molecule has 2 aromatic rings. The van der Waals surface area contributed by atoms with Crippen molar-refractivity contribution in [2.24, 2.45) is 0 Å². The summed E-state index contributed by atoms with van der Waals surface area (Å²) in [6.07, 6.45) is 0. The maximum Gasteiger partial charge on any atom is 0.279 e. The Labute approximate surface area is 143 Å². The summed E-state index contributed by atoms with van der Waals surface area (Å²) in [6, 6.07) is 6.74.